The van der Waals surface area contributed by atoms with Gasteiger partial charge in [0.2, 0.25) is 5.91 Å². The molecule has 2 heterocycles. The molecule has 1 saturated carbocycles. The minimum atomic E-state index is 0.0135. The number of hydrogen-bond acceptors (Lipinski definition) is 3. The van der Waals surface area contributed by atoms with E-state index in [4.69, 9.17) is 0 Å². The minimum Gasteiger partial charge on any atom is -0.309 e. The van der Waals surface area contributed by atoms with Gasteiger partial charge in [0, 0.05) is 6.54 Å². The summed E-state index contributed by atoms with van der Waals surface area (Å²) in [5, 5.41) is 6.29. The number of hydrogen-bond donors (Lipinski definition) is 1. The van der Waals surface area contributed by atoms with Crippen LogP contribution in [0.2, 0.25) is 0 Å². The predicted molar refractivity (Wildman–Crippen MR) is 65.7 cm³/mol. The van der Waals surface area contributed by atoms with Crippen LogP contribution < -0.4 is 10.2 Å². The van der Waals surface area contributed by atoms with Gasteiger partial charge in [0.25, 0.3) is 0 Å². The number of rotatable bonds is 2. The third-order valence-corrected chi connectivity index (χ3v) is 4.60. The van der Waals surface area contributed by atoms with Crippen LogP contribution in [0.4, 0.5) is 5.00 Å². The van der Waals surface area contributed by atoms with Gasteiger partial charge in [-0.15, -0.1) is 11.3 Å². The van der Waals surface area contributed by atoms with Gasteiger partial charge in [-0.2, -0.15) is 0 Å². The van der Waals surface area contributed by atoms with E-state index in [1.807, 2.05) is 29.5 Å². The monoisotopic (exact) mass is 236 g/mol. The van der Waals surface area contributed by atoms with E-state index in [9.17, 15) is 4.79 Å². The first-order valence-electron chi connectivity index (χ1n) is 5.81. The molecule has 1 N–H and O–H groups in total. The number of amides is 1. The van der Waals surface area contributed by atoms with Crippen LogP contribution in [0.5, 0.6) is 0 Å². The maximum absolute atomic E-state index is 12.3. The van der Waals surface area contributed by atoms with Crippen molar-refractivity contribution in [1.82, 2.24) is 5.32 Å². The summed E-state index contributed by atoms with van der Waals surface area (Å²) in [5.41, 5.74) is 0. The summed E-state index contributed by atoms with van der Waals surface area (Å²) in [4.78, 5) is 14.3. The smallest absolute Gasteiger partial charge is 0.244 e. The normalized spacial score (nSPS) is 33.4. The second-order valence-electron chi connectivity index (χ2n) is 4.73. The molecular formula is C12H16N2OS. The van der Waals surface area contributed by atoms with Crippen LogP contribution in [-0.2, 0) is 4.79 Å². The van der Waals surface area contributed by atoms with E-state index in [-0.39, 0.29) is 11.9 Å². The fraction of sp³-hybridized carbons (Fsp3) is 0.583. The van der Waals surface area contributed by atoms with E-state index in [1.54, 1.807) is 11.3 Å². The fourth-order valence-corrected chi connectivity index (χ4v) is 3.35. The van der Waals surface area contributed by atoms with Crippen molar-refractivity contribution < 1.29 is 4.79 Å². The Morgan fingerprint density at radius 1 is 1.44 bits per heavy atom. The molecule has 1 aromatic heterocycles. The molecule has 0 bridgehead atoms. The summed E-state index contributed by atoms with van der Waals surface area (Å²) in [6.07, 6.45) is 2.31. The summed E-state index contributed by atoms with van der Waals surface area (Å²) in [6, 6.07) is 4.06. The zero-order valence-electron chi connectivity index (χ0n) is 9.35. The maximum Gasteiger partial charge on any atom is 0.244 e. The number of thiophene rings is 1. The van der Waals surface area contributed by atoms with Crippen molar-refractivity contribution in [2.75, 3.05) is 18.5 Å². The van der Waals surface area contributed by atoms with Crippen LogP contribution in [0.1, 0.15) is 12.8 Å². The summed E-state index contributed by atoms with van der Waals surface area (Å²) in [6.45, 7) is 0.919. The third-order valence-electron chi connectivity index (χ3n) is 3.71. The molecule has 16 heavy (non-hydrogen) atoms. The number of carbonyl (C=O) groups is 1. The van der Waals surface area contributed by atoms with Crippen LogP contribution in [-0.4, -0.2) is 25.5 Å². The predicted octanol–water partition coefficient (Wildman–Crippen LogP) is 1.71. The molecule has 3 nitrogen and oxygen atoms in total. The highest BCUT2D eigenvalue weighted by Gasteiger charge is 2.45. The first kappa shape index (κ1) is 10.3. The minimum absolute atomic E-state index is 0.0135. The highest BCUT2D eigenvalue weighted by molar-refractivity contribution is 7.14. The Bertz CT molecular complexity index is 390. The van der Waals surface area contributed by atoms with E-state index in [2.05, 4.69) is 5.32 Å². The number of carbonyl (C=O) groups excluding carboxylic acids is 1. The molecule has 0 spiro atoms. The number of anilines is 1. The van der Waals surface area contributed by atoms with Crippen molar-refractivity contribution in [1.29, 1.82) is 0 Å². The van der Waals surface area contributed by atoms with Crippen molar-refractivity contribution in [3.63, 3.8) is 0 Å². The SMILES string of the molecule is CNC1CC2CC2CN(c2cccs2)C1=O. The fourth-order valence-electron chi connectivity index (χ4n) is 2.60. The van der Waals surface area contributed by atoms with Crippen LogP contribution in [0.25, 0.3) is 0 Å². The Morgan fingerprint density at radius 3 is 3.00 bits per heavy atom. The molecule has 3 rings (SSSR count). The van der Waals surface area contributed by atoms with E-state index in [1.165, 1.54) is 6.42 Å². The lowest BCUT2D eigenvalue weighted by molar-refractivity contribution is -0.120. The van der Waals surface area contributed by atoms with Crippen LogP contribution in [0, 0.1) is 11.8 Å². The zero-order valence-corrected chi connectivity index (χ0v) is 10.2. The topological polar surface area (TPSA) is 32.3 Å². The molecule has 86 valence electrons. The lowest BCUT2D eigenvalue weighted by Gasteiger charge is -2.23. The highest BCUT2D eigenvalue weighted by Crippen LogP contribution is 2.45. The highest BCUT2D eigenvalue weighted by atomic mass is 32.1. The van der Waals surface area contributed by atoms with Gasteiger partial charge in [0.15, 0.2) is 0 Å². The van der Waals surface area contributed by atoms with Crippen molar-refractivity contribution in [2.45, 2.75) is 18.9 Å². The summed E-state index contributed by atoms with van der Waals surface area (Å²) >= 11 is 1.65. The Kier molecular flexibility index (Phi) is 2.48. The van der Waals surface area contributed by atoms with Crippen LogP contribution in [0.3, 0.4) is 0 Å². The molecule has 0 radical (unpaired) electrons. The molecule has 1 aliphatic heterocycles. The number of nitrogens with one attached hydrogen (secondary N) is 1. The Morgan fingerprint density at radius 2 is 2.31 bits per heavy atom. The lowest BCUT2D eigenvalue weighted by atomic mass is 10.1. The summed E-state index contributed by atoms with van der Waals surface area (Å²) in [5.74, 6) is 1.76. The zero-order chi connectivity index (χ0) is 11.1. The van der Waals surface area contributed by atoms with Crippen LogP contribution in [0.15, 0.2) is 17.5 Å². The van der Waals surface area contributed by atoms with E-state index in [0.29, 0.717) is 0 Å². The van der Waals surface area contributed by atoms with Crippen molar-refractivity contribution in [3.05, 3.63) is 17.5 Å². The Balaban J connectivity index is 1.88. The molecule has 4 heteroatoms. The van der Waals surface area contributed by atoms with Crippen molar-refractivity contribution in [3.8, 4) is 0 Å². The van der Waals surface area contributed by atoms with Crippen molar-refractivity contribution >= 4 is 22.2 Å². The molecule has 2 aliphatic rings. The van der Waals surface area contributed by atoms with Gasteiger partial charge in [0.05, 0.1) is 11.0 Å². The molecule has 1 amide bonds. The van der Waals surface area contributed by atoms with Gasteiger partial charge in [-0.25, -0.2) is 0 Å². The second-order valence-corrected chi connectivity index (χ2v) is 5.66. The van der Waals surface area contributed by atoms with Gasteiger partial charge in [-0.3, -0.25) is 4.79 Å². The Hall–Kier alpha value is -0.870. The average molecular weight is 236 g/mol. The standard InChI is InChI=1S/C12H16N2OS/c1-13-10-6-8-5-9(8)7-14(12(10)15)11-3-2-4-16-11/h2-4,8-10,13H,5-7H2,1H3. The van der Waals surface area contributed by atoms with Crippen molar-refractivity contribution in [2.24, 2.45) is 11.8 Å². The largest absolute Gasteiger partial charge is 0.309 e. The molecule has 0 aromatic carbocycles. The first-order valence-corrected chi connectivity index (χ1v) is 6.69. The lowest BCUT2D eigenvalue weighted by Crippen LogP contribution is -2.44. The second kappa shape index (κ2) is 3.86. The summed E-state index contributed by atoms with van der Waals surface area (Å²) < 4.78 is 0. The number of nitrogens with zero attached hydrogens (tertiary/aromatic N) is 1. The van der Waals surface area contributed by atoms with Gasteiger partial charge >= 0.3 is 0 Å². The van der Waals surface area contributed by atoms with Gasteiger partial charge in [-0.1, -0.05) is 0 Å². The number of fused-ring (bicyclic) bond motifs is 1. The molecule has 1 aliphatic carbocycles. The molecular weight excluding hydrogens is 220 g/mol. The molecule has 3 atom stereocenters. The molecule has 1 aromatic rings. The molecule has 1 saturated heterocycles. The first-order chi connectivity index (χ1) is 7.79. The molecule has 2 fully saturated rings. The van der Waals surface area contributed by atoms with E-state index >= 15 is 0 Å². The Labute approximate surface area is 99.5 Å². The average Bonchev–Trinajstić information content (AvgIpc) is 2.81. The quantitative estimate of drug-likeness (QED) is 0.848. The van der Waals surface area contributed by atoms with E-state index < -0.39 is 0 Å². The van der Waals surface area contributed by atoms with Gasteiger partial charge in [-0.05, 0) is 49.2 Å². The maximum atomic E-state index is 12.3. The third kappa shape index (κ3) is 1.66. The van der Waals surface area contributed by atoms with Crippen LogP contribution >= 0.6 is 11.3 Å². The van der Waals surface area contributed by atoms with Gasteiger partial charge < -0.3 is 10.2 Å². The molecule has 3 unspecified atom stereocenters. The number of likely N-dealkylation sites (N-methyl/N-ethyl adjacent to an activating group) is 1. The van der Waals surface area contributed by atoms with E-state index in [0.717, 1.165) is 29.8 Å². The summed E-state index contributed by atoms with van der Waals surface area (Å²) in [7, 11) is 1.89. The van der Waals surface area contributed by atoms with Gasteiger partial charge in [0.1, 0.15) is 0 Å².